The fourth-order valence-corrected chi connectivity index (χ4v) is 2.83. The van der Waals surface area contributed by atoms with Crippen molar-refractivity contribution < 1.29 is 22.7 Å². The van der Waals surface area contributed by atoms with Crippen molar-refractivity contribution in [2.24, 2.45) is 0 Å². The van der Waals surface area contributed by atoms with E-state index in [1.807, 2.05) is 5.43 Å². The Labute approximate surface area is 111 Å². The molecule has 1 rings (SSSR count). The fraction of sp³-hybridized carbons (Fsp3) is 0.889. The van der Waals surface area contributed by atoms with Gasteiger partial charge in [-0.25, -0.2) is 0 Å². The van der Waals surface area contributed by atoms with Crippen LogP contribution >= 0.6 is 0 Å². The van der Waals surface area contributed by atoms with Crippen molar-refractivity contribution in [3.05, 3.63) is 10.1 Å². The van der Waals surface area contributed by atoms with Gasteiger partial charge in [-0.05, 0) is 12.8 Å². The Morgan fingerprint density at radius 3 is 2.42 bits per heavy atom. The van der Waals surface area contributed by atoms with Crippen molar-refractivity contribution in [2.75, 3.05) is 6.54 Å². The standard InChI is InChI=1S/C9H17N3O6S/c13-9(6-7-11(14)15)10-12(19(16,17)18)8-4-2-1-3-5-8/h8H,1-7H2,(H,10,13)(H,16,17,18). The molecule has 1 fully saturated rings. The molecule has 0 unspecified atom stereocenters. The van der Waals surface area contributed by atoms with E-state index in [1.165, 1.54) is 0 Å². The zero-order chi connectivity index (χ0) is 14.5. The minimum absolute atomic E-state index is 0.439. The van der Waals surface area contributed by atoms with Crippen LogP contribution in [0.4, 0.5) is 0 Å². The molecule has 0 aliphatic heterocycles. The first-order valence-corrected chi connectivity index (χ1v) is 7.38. The summed E-state index contributed by atoms with van der Waals surface area (Å²) in [5, 5.41) is 10.1. The topological polar surface area (TPSA) is 130 Å². The van der Waals surface area contributed by atoms with Gasteiger partial charge >= 0.3 is 10.3 Å². The maximum atomic E-state index is 11.4. The summed E-state index contributed by atoms with van der Waals surface area (Å²) in [5.41, 5.74) is 2.03. The highest BCUT2D eigenvalue weighted by Crippen LogP contribution is 2.22. The number of hydrogen-bond donors (Lipinski definition) is 2. The SMILES string of the molecule is O=C(CC[N+](=O)[O-])NN(C1CCCCC1)S(=O)(=O)O. The minimum Gasteiger partial charge on any atom is -0.273 e. The molecule has 9 nitrogen and oxygen atoms in total. The zero-order valence-electron chi connectivity index (χ0n) is 10.3. The van der Waals surface area contributed by atoms with Gasteiger partial charge in [0, 0.05) is 11.0 Å². The molecule has 1 aliphatic rings. The van der Waals surface area contributed by atoms with Crippen LogP contribution in [-0.2, 0) is 15.1 Å². The Morgan fingerprint density at radius 2 is 1.95 bits per heavy atom. The monoisotopic (exact) mass is 295 g/mol. The number of nitro groups is 1. The summed E-state index contributed by atoms with van der Waals surface area (Å²) < 4.78 is 32.1. The van der Waals surface area contributed by atoms with Gasteiger partial charge in [0.05, 0.1) is 6.42 Å². The second kappa shape index (κ2) is 6.78. The van der Waals surface area contributed by atoms with Gasteiger partial charge in [-0.1, -0.05) is 23.7 Å². The summed E-state index contributed by atoms with van der Waals surface area (Å²) in [4.78, 5) is 20.9. The summed E-state index contributed by atoms with van der Waals surface area (Å²) in [6.45, 7) is -0.587. The number of amides is 1. The van der Waals surface area contributed by atoms with Crippen LogP contribution in [0.25, 0.3) is 0 Å². The Morgan fingerprint density at radius 1 is 1.37 bits per heavy atom. The van der Waals surface area contributed by atoms with E-state index in [0.29, 0.717) is 17.3 Å². The highest BCUT2D eigenvalue weighted by molar-refractivity contribution is 7.83. The number of carbonyl (C=O) groups is 1. The molecule has 10 heteroatoms. The lowest BCUT2D eigenvalue weighted by Gasteiger charge is -2.30. The van der Waals surface area contributed by atoms with Crippen molar-refractivity contribution >= 4 is 16.2 Å². The van der Waals surface area contributed by atoms with Gasteiger partial charge in [-0.15, -0.1) is 0 Å². The molecule has 0 heterocycles. The molecule has 2 N–H and O–H groups in total. The van der Waals surface area contributed by atoms with Crippen LogP contribution in [0.2, 0.25) is 0 Å². The molecule has 19 heavy (non-hydrogen) atoms. The van der Waals surface area contributed by atoms with E-state index >= 15 is 0 Å². The minimum atomic E-state index is -4.57. The molecular formula is C9H17N3O6S. The van der Waals surface area contributed by atoms with Crippen LogP contribution in [0.1, 0.15) is 38.5 Å². The molecule has 110 valence electrons. The number of nitrogens with one attached hydrogen (secondary N) is 1. The second-order valence-electron chi connectivity index (χ2n) is 4.41. The molecule has 0 spiro atoms. The van der Waals surface area contributed by atoms with Crippen LogP contribution in [0.15, 0.2) is 0 Å². The third-order valence-corrected chi connectivity index (χ3v) is 3.80. The molecule has 0 aromatic rings. The number of rotatable bonds is 6. The zero-order valence-corrected chi connectivity index (χ0v) is 11.1. The summed E-state index contributed by atoms with van der Waals surface area (Å²) >= 11 is 0. The molecule has 0 saturated heterocycles. The van der Waals surface area contributed by atoms with E-state index in [2.05, 4.69) is 0 Å². The van der Waals surface area contributed by atoms with E-state index < -0.39 is 40.1 Å². The van der Waals surface area contributed by atoms with Gasteiger partial charge in [0.1, 0.15) is 0 Å². The van der Waals surface area contributed by atoms with Gasteiger partial charge in [0.2, 0.25) is 12.5 Å². The average Bonchev–Trinajstić information content (AvgIpc) is 2.33. The lowest BCUT2D eigenvalue weighted by molar-refractivity contribution is -0.478. The highest BCUT2D eigenvalue weighted by Gasteiger charge is 2.31. The Balaban J connectivity index is 2.64. The molecule has 1 amide bonds. The summed E-state index contributed by atoms with van der Waals surface area (Å²) in [6.07, 6.45) is 3.23. The Kier molecular flexibility index (Phi) is 5.63. The molecule has 1 aliphatic carbocycles. The number of carbonyl (C=O) groups excluding carboxylic acids is 1. The van der Waals surface area contributed by atoms with Gasteiger partial charge in [-0.3, -0.25) is 24.9 Å². The van der Waals surface area contributed by atoms with Crippen LogP contribution in [-0.4, -0.2) is 40.8 Å². The van der Waals surface area contributed by atoms with Crippen molar-refractivity contribution in [1.29, 1.82) is 0 Å². The molecule has 0 aromatic heterocycles. The number of hydrazine groups is 1. The predicted octanol–water partition coefficient (Wildman–Crippen LogP) is 0.122. The molecule has 0 aromatic carbocycles. The Bertz CT molecular complexity index is 431. The average molecular weight is 295 g/mol. The van der Waals surface area contributed by atoms with E-state index in [0.717, 1.165) is 19.3 Å². The van der Waals surface area contributed by atoms with Crippen LogP contribution in [0.5, 0.6) is 0 Å². The largest absolute Gasteiger partial charge is 0.353 e. The highest BCUT2D eigenvalue weighted by atomic mass is 32.2. The van der Waals surface area contributed by atoms with Gasteiger partial charge < -0.3 is 0 Å². The molecule has 0 bridgehead atoms. The molecule has 1 saturated carbocycles. The molecular weight excluding hydrogens is 278 g/mol. The number of nitrogens with zero attached hydrogens (tertiary/aromatic N) is 2. The van der Waals surface area contributed by atoms with E-state index in [1.54, 1.807) is 0 Å². The first kappa shape index (κ1) is 15.8. The molecule has 0 atom stereocenters. The van der Waals surface area contributed by atoms with E-state index in [-0.39, 0.29) is 0 Å². The maximum absolute atomic E-state index is 11.4. The van der Waals surface area contributed by atoms with Crippen LogP contribution in [0.3, 0.4) is 0 Å². The first-order chi connectivity index (χ1) is 8.80. The van der Waals surface area contributed by atoms with E-state index in [4.69, 9.17) is 4.55 Å². The van der Waals surface area contributed by atoms with Gasteiger partial charge in [0.15, 0.2) is 0 Å². The predicted molar refractivity (Wildman–Crippen MR) is 64.9 cm³/mol. The summed E-state index contributed by atoms with van der Waals surface area (Å²) in [6, 6.07) is -0.497. The normalized spacial score (nSPS) is 17.4. The smallest absolute Gasteiger partial charge is 0.273 e. The Hall–Kier alpha value is -1.26. The second-order valence-corrected chi connectivity index (χ2v) is 5.70. The van der Waals surface area contributed by atoms with Crippen molar-refractivity contribution in [3.63, 3.8) is 0 Å². The van der Waals surface area contributed by atoms with Gasteiger partial charge in [-0.2, -0.15) is 8.42 Å². The van der Waals surface area contributed by atoms with Crippen molar-refractivity contribution in [3.8, 4) is 0 Å². The lowest BCUT2D eigenvalue weighted by atomic mass is 9.96. The number of hydrogen-bond acceptors (Lipinski definition) is 5. The van der Waals surface area contributed by atoms with Gasteiger partial charge in [0.25, 0.3) is 0 Å². The molecule has 0 radical (unpaired) electrons. The lowest BCUT2D eigenvalue weighted by Crippen LogP contribution is -2.52. The maximum Gasteiger partial charge on any atom is 0.353 e. The summed E-state index contributed by atoms with van der Waals surface area (Å²) in [5.74, 6) is -0.806. The fourth-order valence-electron chi connectivity index (χ4n) is 2.02. The van der Waals surface area contributed by atoms with E-state index in [9.17, 15) is 23.3 Å². The van der Waals surface area contributed by atoms with Crippen molar-refractivity contribution in [1.82, 2.24) is 9.84 Å². The third kappa shape index (κ3) is 5.49. The summed E-state index contributed by atoms with van der Waals surface area (Å²) in [7, 11) is -4.57. The quantitative estimate of drug-likeness (QED) is 0.406. The van der Waals surface area contributed by atoms with Crippen LogP contribution in [0, 0.1) is 10.1 Å². The van der Waals surface area contributed by atoms with Crippen molar-refractivity contribution in [2.45, 2.75) is 44.6 Å². The third-order valence-electron chi connectivity index (χ3n) is 2.91. The van der Waals surface area contributed by atoms with Crippen LogP contribution < -0.4 is 5.43 Å². The first-order valence-electron chi connectivity index (χ1n) is 5.99.